The fraction of sp³-hybridized carbons (Fsp3) is 0.0800. The van der Waals surface area contributed by atoms with Gasteiger partial charge in [-0.15, -0.1) is 0 Å². The summed E-state index contributed by atoms with van der Waals surface area (Å²) in [6.45, 7) is 0.100. The summed E-state index contributed by atoms with van der Waals surface area (Å²) in [4.78, 5) is 23.7. The molecule has 7 nitrogen and oxygen atoms in total. The number of ether oxygens (including phenoxy) is 2. The van der Waals surface area contributed by atoms with Crippen molar-refractivity contribution in [3.05, 3.63) is 93.2 Å². The van der Waals surface area contributed by atoms with Gasteiger partial charge in [-0.05, 0) is 75.6 Å². The summed E-state index contributed by atoms with van der Waals surface area (Å²) in [7, 11) is 1.44. The van der Waals surface area contributed by atoms with Crippen molar-refractivity contribution in [2.45, 2.75) is 6.61 Å². The zero-order valence-electron chi connectivity index (χ0n) is 17.8. The van der Waals surface area contributed by atoms with Crippen LogP contribution in [0.4, 0.5) is 10.1 Å². The van der Waals surface area contributed by atoms with E-state index in [-0.39, 0.29) is 29.2 Å². The molecule has 0 saturated heterocycles. The van der Waals surface area contributed by atoms with Gasteiger partial charge in [0.25, 0.3) is 5.91 Å². The van der Waals surface area contributed by atoms with Gasteiger partial charge in [-0.25, -0.2) is 9.18 Å². The van der Waals surface area contributed by atoms with Crippen molar-refractivity contribution in [3.63, 3.8) is 0 Å². The summed E-state index contributed by atoms with van der Waals surface area (Å²) in [5, 5.41) is 21.1. The molecule has 0 spiro atoms. The Labute approximate surface area is 203 Å². The summed E-state index contributed by atoms with van der Waals surface area (Å²) in [6, 6.07) is 16.8. The van der Waals surface area contributed by atoms with E-state index in [9.17, 15) is 19.2 Å². The zero-order valence-corrected chi connectivity index (χ0v) is 19.4. The molecule has 0 aliphatic rings. The maximum atomic E-state index is 13.4. The van der Waals surface area contributed by atoms with Gasteiger partial charge in [0.05, 0.1) is 17.1 Å². The van der Waals surface area contributed by atoms with E-state index < -0.39 is 11.9 Å². The number of aromatic carboxylic acids is 1. The molecule has 3 rings (SSSR count). The van der Waals surface area contributed by atoms with Gasteiger partial charge in [-0.2, -0.15) is 5.26 Å². The third kappa shape index (κ3) is 6.21. The first-order valence-corrected chi connectivity index (χ1v) is 10.6. The Morgan fingerprint density at radius 3 is 2.62 bits per heavy atom. The minimum Gasteiger partial charge on any atom is -0.493 e. The average Bonchev–Trinajstić information content (AvgIpc) is 2.81. The van der Waals surface area contributed by atoms with Crippen LogP contribution in [-0.4, -0.2) is 24.1 Å². The van der Waals surface area contributed by atoms with Gasteiger partial charge >= 0.3 is 5.97 Å². The average molecular weight is 525 g/mol. The first kappa shape index (κ1) is 24.5. The van der Waals surface area contributed by atoms with E-state index in [0.29, 0.717) is 27.1 Å². The van der Waals surface area contributed by atoms with Gasteiger partial charge in [0.1, 0.15) is 24.1 Å². The summed E-state index contributed by atoms with van der Waals surface area (Å²) in [6.07, 6.45) is 1.36. The van der Waals surface area contributed by atoms with Crippen molar-refractivity contribution in [1.29, 1.82) is 5.26 Å². The van der Waals surface area contributed by atoms with Crippen molar-refractivity contribution in [2.75, 3.05) is 12.4 Å². The predicted molar refractivity (Wildman–Crippen MR) is 127 cm³/mol. The molecule has 0 fully saturated rings. The number of carboxylic acids is 1. The lowest BCUT2D eigenvalue weighted by Crippen LogP contribution is -2.14. The maximum Gasteiger partial charge on any atom is 0.335 e. The second-order valence-electron chi connectivity index (χ2n) is 6.96. The fourth-order valence-corrected chi connectivity index (χ4v) is 3.56. The van der Waals surface area contributed by atoms with E-state index in [0.717, 1.165) is 0 Å². The summed E-state index contributed by atoms with van der Waals surface area (Å²) >= 11 is 3.40. The maximum absolute atomic E-state index is 13.4. The lowest BCUT2D eigenvalue weighted by atomic mass is 10.1. The van der Waals surface area contributed by atoms with E-state index in [2.05, 4.69) is 21.2 Å². The molecule has 2 N–H and O–H groups in total. The van der Waals surface area contributed by atoms with Crippen LogP contribution in [0.15, 0.2) is 70.7 Å². The number of amides is 1. The van der Waals surface area contributed by atoms with E-state index in [4.69, 9.17) is 14.6 Å². The van der Waals surface area contributed by atoms with E-state index >= 15 is 0 Å². The number of rotatable bonds is 8. The van der Waals surface area contributed by atoms with Crippen molar-refractivity contribution >= 4 is 39.6 Å². The number of hydrogen-bond donors (Lipinski definition) is 2. The molecule has 3 aromatic carbocycles. The Balaban J connectivity index is 1.82. The number of carboxylic acid groups (broad SMARTS) is 1. The summed E-state index contributed by atoms with van der Waals surface area (Å²) in [5.74, 6) is -1.50. The van der Waals surface area contributed by atoms with Crippen molar-refractivity contribution < 1.29 is 28.6 Å². The Morgan fingerprint density at radius 1 is 1.18 bits per heavy atom. The second-order valence-corrected chi connectivity index (χ2v) is 7.82. The zero-order chi connectivity index (χ0) is 24.7. The largest absolute Gasteiger partial charge is 0.493 e. The van der Waals surface area contributed by atoms with Crippen LogP contribution in [0.2, 0.25) is 0 Å². The highest BCUT2D eigenvalue weighted by Gasteiger charge is 2.15. The molecule has 0 saturated carbocycles. The van der Waals surface area contributed by atoms with Crippen LogP contribution in [0.1, 0.15) is 21.5 Å². The molecule has 1 amide bonds. The third-order valence-corrected chi connectivity index (χ3v) is 5.16. The first-order valence-electron chi connectivity index (χ1n) is 9.82. The number of nitrogens with zero attached hydrogens (tertiary/aromatic N) is 1. The molecular weight excluding hydrogens is 507 g/mol. The van der Waals surface area contributed by atoms with Crippen LogP contribution in [0.3, 0.4) is 0 Å². The quantitative estimate of drug-likeness (QED) is 0.300. The molecule has 0 aliphatic heterocycles. The third-order valence-electron chi connectivity index (χ3n) is 4.57. The Kier molecular flexibility index (Phi) is 8.01. The lowest BCUT2D eigenvalue weighted by Gasteiger charge is -2.14. The molecule has 9 heteroatoms. The standard InChI is InChI=1S/C25H18BrFN2O5/c1-33-22-11-16(10-21(26)23(22)34-14-15-4-2-6-19(27)9-15)8-18(13-28)24(30)29-20-7-3-5-17(12-20)25(31)32/h2-12H,14H2,1H3,(H,29,30)(H,31,32)/b18-8-. The number of nitrogens with one attached hydrogen (secondary N) is 1. The molecule has 0 aromatic heterocycles. The van der Waals surface area contributed by atoms with Crippen LogP contribution in [0, 0.1) is 17.1 Å². The highest BCUT2D eigenvalue weighted by atomic mass is 79.9. The summed E-state index contributed by atoms with van der Waals surface area (Å²) in [5.41, 5.74) is 1.15. The Bertz CT molecular complexity index is 1320. The monoisotopic (exact) mass is 524 g/mol. The molecule has 0 heterocycles. The smallest absolute Gasteiger partial charge is 0.335 e. The number of nitriles is 1. The van der Waals surface area contributed by atoms with Crippen molar-refractivity contribution in [1.82, 2.24) is 0 Å². The van der Waals surface area contributed by atoms with E-state index in [1.54, 1.807) is 24.3 Å². The predicted octanol–water partition coefficient (Wildman–Crippen LogP) is 5.42. The molecule has 0 aliphatic carbocycles. The van der Waals surface area contributed by atoms with Gasteiger partial charge in [-0.1, -0.05) is 18.2 Å². The Hall–Kier alpha value is -4.16. The number of carbonyl (C=O) groups excluding carboxylic acids is 1. The molecule has 0 atom stereocenters. The SMILES string of the molecule is COc1cc(/C=C(/C#N)C(=O)Nc2cccc(C(=O)O)c2)cc(Br)c1OCc1cccc(F)c1. The van der Waals surface area contributed by atoms with Crippen LogP contribution in [0.5, 0.6) is 11.5 Å². The molecule has 0 unspecified atom stereocenters. The van der Waals surface area contributed by atoms with Crippen molar-refractivity contribution in [2.24, 2.45) is 0 Å². The number of carbonyl (C=O) groups is 2. The van der Waals surface area contributed by atoms with Crippen LogP contribution in [-0.2, 0) is 11.4 Å². The molecule has 0 radical (unpaired) electrons. The minimum atomic E-state index is -1.14. The normalized spacial score (nSPS) is 10.8. The van der Waals surface area contributed by atoms with Gasteiger partial charge < -0.3 is 19.9 Å². The molecule has 3 aromatic rings. The highest BCUT2D eigenvalue weighted by molar-refractivity contribution is 9.10. The van der Waals surface area contributed by atoms with Crippen LogP contribution in [0.25, 0.3) is 6.08 Å². The number of methoxy groups -OCH3 is 1. The van der Waals surface area contributed by atoms with E-state index in [1.807, 2.05) is 6.07 Å². The van der Waals surface area contributed by atoms with Gasteiger partial charge in [0, 0.05) is 5.69 Å². The van der Waals surface area contributed by atoms with Crippen molar-refractivity contribution in [3.8, 4) is 17.6 Å². The van der Waals surface area contributed by atoms with Crippen LogP contribution >= 0.6 is 15.9 Å². The number of halogens is 2. The fourth-order valence-electron chi connectivity index (χ4n) is 2.99. The lowest BCUT2D eigenvalue weighted by molar-refractivity contribution is -0.112. The topological polar surface area (TPSA) is 109 Å². The minimum absolute atomic E-state index is 0.00258. The molecule has 34 heavy (non-hydrogen) atoms. The number of anilines is 1. The van der Waals surface area contributed by atoms with Crippen LogP contribution < -0.4 is 14.8 Å². The van der Waals surface area contributed by atoms with Gasteiger partial charge in [0.15, 0.2) is 11.5 Å². The number of benzene rings is 3. The highest BCUT2D eigenvalue weighted by Crippen LogP contribution is 2.37. The first-order chi connectivity index (χ1) is 16.3. The summed E-state index contributed by atoms with van der Waals surface area (Å²) < 4.78 is 25.1. The molecule has 0 bridgehead atoms. The molecular formula is C25H18BrFN2O5. The van der Waals surface area contributed by atoms with Gasteiger partial charge in [0.2, 0.25) is 0 Å². The Morgan fingerprint density at radius 2 is 1.94 bits per heavy atom. The molecule has 172 valence electrons. The van der Waals surface area contributed by atoms with E-state index in [1.165, 1.54) is 49.6 Å². The second kappa shape index (κ2) is 11.1. The van der Waals surface area contributed by atoms with Gasteiger partial charge in [-0.3, -0.25) is 4.79 Å². The number of hydrogen-bond acceptors (Lipinski definition) is 5.